The van der Waals surface area contributed by atoms with Crippen LogP contribution in [0.4, 0.5) is 11.4 Å². The number of rotatable bonds is 6. The Bertz CT molecular complexity index is 725. The average molecular weight is 329 g/mol. The summed E-state index contributed by atoms with van der Waals surface area (Å²) in [6.45, 7) is 4.17. The highest BCUT2D eigenvalue weighted by Gasteiger charge is 2.19. The van der Waals surface area contributed by atoms with E-state index in [0.29, 0.717) is 12.1 Å². The third kappa shape index (κ3) is 4.34. The van der Waals surface area contributed by atoms with Gasteiger partial charge in [-0.2, -0.15) is 5.10 Å². The van der Waals surface area contributed by atoms with Gasteiger partial charge in [0.05, 0.1) is 11.9 Å². The normalized spacial score (nSPS) is 11.7. The smallest absolute Gasteiger partial charge is 0.251 e. The Hall–Kier alpha value is -2.83. The van der Waals surface area contributed by atoms with Crippen molar-refractivity contribution in [3.8, 4) is 0 Å². The quantitative estimate of drug-likeness (QED) is 0.846. The van der Waals surface area contributed by atoms with Gasteiger partial charge in [0.2, 0.25) is 5.91 Å². The van der Waals surface area contributed by atoms with Crippen molar-refractivity contribution in [2.45, 2.75) is 19.9 Å². The Labute approximate surface area is 141 Å². The van der Waals surface area contributed by atoms with Gasteiger partial charge in [-0.3, -0.25) is 14.3 Å². The number of carbonyl (C=O) groups excluding carboxylic acids is 2. The molecule has 0 aliphatic rings. The zero-order chi connectivity index (χ0) is 17.7. The van der Waals surface area contributed by atoms with Crippen LogP contribution in [-0.2, 0) is 11.8 Å². The third-order valence-corrected chi connectivity index (χ3v) is 3.69. The molecule has 128 valence electrons. The van der Waals surface area contributed by atoms with Gasteiger partial charge in [0.15, 0.2) is 0 Å². The molecule has 1 aromatic heterocycles. The number of nitrogens with one attached hydrogen (secondary N) is 2. The van der Waals surface area contributed by atoms with E-state index >= 15 is 0 Å². The average Bonchev–Trinajstić information content (AvgIpc) is 2.98. The minimum Gasteiger partial charge on any atom is -0.353 e. The van der Waals surface area contributed by atoms with Gasteiger partial charge in [-0.05, 0) is 32.0 Å². The summed E-state index contributed by atoms with van der Waals surface area (Å²) in [4.78, 5) is 26.0. The maximum Gasteiger partial charge on any atom is 0.251 e. The topological polar surface area (TPSA) is 79.3 Å². The van der Waals surface area contributed by atoms with Gasteiger partial charge in [-0.1, -0.05) is 6.07 Å². The Kier molecular flexibility index (Phi) is 5.57. The molecule has 2 aromatic rings. The summed E-state index contributed by atoms with van der Waals surface area (Å²) in [5, 5.41) is 10.0. The van der Waals surface area contributed by atoms with E-state index in [1.807, 2.05) is 26.2 Å². The van der Waals surface area contributed by atoms with Gasteiger partial charge in [0, 0.05) is 38.1 Å². The molecule has 0 saturated heterocycles. The largest absolute Gasteiger partial charge is 0.353 e. The molecule has 0 unspecified atom stereocenters. The number of aryl methyl sites for hydroxylation is 1. The molecule has 1 aromatic carbocycles. The summed E-state index contributed by atoms with van der Waals surface area (Å²) < 4.78 is 1.69. The maximum atomic E-state index is 12.4. The Morgan fingerprint density at radius 1 is 1.33 bits per heavy atom. The number of anilines is 2. The number of benzene rings is 1. The van der Waals surface area contributed by atoms with Crippen molar-refractivity contribution in [2.75, 3.05) is 18.9 Å². The predicted molar refractivity (Wildman–Crippen MR) is 93.2 cm³/mol. The lowest BCUT2D eigenvalue weighted by Crippen LogP contribution is -2.45. The number of hydrogen-bond acceptors (Lipinski definition) is 4. The molecule has 0 spiro atoms. The van der Waals surface area contributed by atoms with Crippen molar-refractivity contribution in [2.24, 2.45) is 7.05 Å². The van der Waals surface area contributed by atoms with Crippen LogP contribution in [0.2, 0.25) is 0 Å². The van der Waals surface area contributed by atoms with Crippen molar-refractivity contribution in [3.63, 3.8) is 0 Å². The summed E-state index contributed by atoms with van der Waals surface area (Å²) in [5.41, 5.74) is 2.10. The lowest BCUT2D eigenvalue weighted by Gasteiger charge is -2.20. The number of amides is 2. The Morgan fingerprint density at radius 3 is 2.71 bits per heavy atom. The van der Waals surface area contributed by atoms with Crippen LogP contribution in [0.1, 0.15) is 24.2 Å². The second kappa shape index (κ2) is 7.63. The molecule has 2 rings (SSSR count). The first-order valence-corrected chi connectivity index (χ1v) is 7.82. The lowest BCUT2D eigenvalue weighted by molar-refractivity contribution is -0.131. The van der Waals surface area contributed by atoms with Gasteiger partial charge in [0.1, 0.15) is 6.04 Å². The maximum absolute atomic E-state index is 12.4. The first-order valence-electron chi connectivity index (χ1n) is 7.82. The molecule has 1 atom stereocenters. The van der Waals surface area contributed by atoms with Crippen LogP contribution >= 0.6 is 0 Å². The lowest BCUT2D eigenvalue weighted by atomic mass is 10.1. The SMILES string of the molecule is CCN(C)C(=O)[C@H](C)NC(=O)c1cccc(Nc2cnn(C)c2)c1. The van der Waals surface area contributed by atoms with E-state index in [1.54, 1.807) is 47.9 Å². The van der Waals surface area contributed by atoms with Crippen LogP contribution in [0.3, 0.4) is 0 Å². The van der Waals surface area contributed by atoms with E-state index in [4.69, 9.17) is 0 Å². The summed E-state index contributed by atoms with van der Waals surface area (Å²) >= 11 is 0. The third-order valence-electron chi connectivity index (χ3n) is 3.69. The molecule has 0 bridgehead atoms. The Balaban J connectivity index is 2.04. The first-order chi connectivity index (χ1) is 11.4. The first kappa shape index (κ1) is 17.5. The Morgan fingerprint density at radius 2 is 2.08 bits per heavy atom. The van der Waals surface area contributed by atoms with Gasteiger partial charge in [-0.25, -0.2) is 0 Å². The van der Waals surface area contributed by atoms with E-state index in [9.17, 15) is 9.59 Å². The second-order valence-electron chi connectivity index (χ2n) is 5.66. The molecule has 0 fully saturated rings. The highest BCUT2D eigenvalue weighted by atomic mass is 16.2. The van der Waals surface area contributed by atoms with Gasteiger partial charge < -0.3 is 15.5 Å². The molecule has 2 N–H and O–H groups in total. The van der Waals surface area contributed by atoms with E-state index in [0.717, 1.165) is 11.4 Å². The molecule has 7 heteroatoms. The number of nitrogens with zero attached hydrogens (tertiary/aromatic N) is 3. The molecular formula is C17H23N5O2. The summed E-state index contributed by atoms with van der Waals surface area (Å²) in [5.74, 6) is -0.398. The number of hydrogen-bond donors (Lipinski definition) is 2. The number of likely N-dealkylation sites (N-methyl/N-ethyl adjacent to an activating group) is 1. The van der Waals surface area contributed by atoms with Gasteiger partial charge in [0.25, 0.3) is 5.91 Å². The zero-order valence-corrected chi connectivity index (χ0v) is 14.4. The van der Waals surface area contributed by atoms with Crippen LogP contribution in [0, 0.1) is 0 Å². The minimum atomic E-state index is -0.572. The van der Waals surface area contributed by atoms with E-state index in [-0.39, 0.29) is 11.8 Å². The van der Waals surface area contributed by atoms with Crippen LogP contribution in [0.25, 0.3) is 0 Å². The van der Waals surface area contributed by atoms with Crippen LogP contribution < -0.4 is 10.6 Å². The fourth-order valence-corrected chi connectivity index (χ4v) is 2.22. The predicted octanol–water partition coefficient (Wildman–Crippen LogP) is 1.76. The summed E-state index contributed by atoms with van der Waals surface area (Å²) in [6.07, 6.45) is 3.54. The van der Waals surface area contributed by atoms with Crippen LogP contribution in [0.5, 0.6) is 0 Å². The van der Waals surface area contributed by atoms with E-state index in [1.165, 1.54) is 0 Å². The molecule has 0 radical (unpaired) electrons. The molecule has 0 saturated carbocycles. The van der Waals surface area contributed by atoms with Crippen LogP contribution in [-0.4, -0.2) is 46.1 Å². The highest BCUT2D eigenvalue weighted by molar-refractivity contribution is 5.98. The fourth-order valence-electron chi connectivity index (χ4n) is 2.22. The number of carbonyl (C=O) groups is 2. The monoisotopic (exact) mass is 329 g/mol. The highest BCUT2D eigenvalue weighted by Crippen LogP contribution is 2.17. The van der Waals surface area contributed by atoms with Crippen molar-refractivity contribution < 1.29 is 9.59 Å². The van der Waals surface area contributed by atoms with Crippen molar-refractivity contribution in [3.05, 3.63) is 42.2 Å². The molecule has 2 amide bonds. The van der Waals surface area contributed by atoms with Crippen LogP contribution in [0.15, 0.2) is 36.7 Å². The molecule has 1 heterocycles. The summed E-state index contributed by atoms with van der Waals surface area (Å²) in [6, 6.07) is 6.53. The van der Waals surface area contributed by atoms with Crippen molar-refractivity contribution in [1.29, 1.82) is 0 Å². The standard InChI is InChI=1S/C17H23N5O2/c1-5-21(3)17(24)12(2)19-16(23)13-7-6-8-14(9-13)20-15-10-18-22(4)11-15/h6-12,20H,5H2,1-4H3,(H,19,23)/t12-/m0/s1. The molecule has 7 nitrogen and oxygen atoms in total. The molecule has 0 aliphatic heterocycles. The van der Waals surface area contributed by atoms with E-state index < -0.39 is 6.04 Å². The summed E-state index contributed by atoms with van der Waals surface area (Å²) in [7, 11) is 3.55. The molecule has 0 aliphatic carbocycles. The van der Waals surface area contributed by atoms with Crippen molar-refractivity contribution in [1.82, 2.24) is 20.0 Å². The minimum absolute atomic E-state index is 0.115. The molecule has 24 heavy (non-hydrogen) atoms. The number of aromatic nitrogens is 2. The molecular weight excluding hydrogens is 306 g/mol. The van der Waals surface area contributed by atoms with Gasteiger partial charge in [-0.15, -0.1) is 0 Å². The fraction of sp³-hybridized carbons (Fsp3) is 0.353. The van der Waals surface area contributed by atoms with Crippen molar-refractivity contribution >= 4 is 23.2 Å². The zero-order valence-electron chi connectivity index (χ0n) is 14.4. The van der Waals surface area contributed by atoms with E-state index in [2.05, 4.69) is 15.7 Å². The second-order valence-corrected chi connectivity index (χ2v) is 5.66. The van der Waals surface area contributed by atoms with Gasteiger partial charge >= 0.3 is 0 Å².